The monoisotopic (exact) mass is 304 g/mol. The Hall–Kier alpha value is -0.200. The number of nitrogens with two attached hydrogens (primary N) is 2. The molecule has 0 fully saturated rings. The molecule has 0 aromatic carbocycles. The van der Waals surface area contributed by atoms with Crippen LogP contribution in [0.4, 0.5) is 0 Å². The molecule has 0 aliphatic carbocycles. The van der Waals surface area contributed by atoms with Crippen molar-refractivity contribution in [1.82, 2.24) is 0 Å². The summed E-state index contributed by atoms with van der Waals surface area (Å²) >= 11 is 0. The zero-order valence-corrected chi connectivity index (χ0v) is 14.4. The van der Waals surface area contributed by atoms with Crippen LogP contribution in [-0.4, -0.2) is 33.5 Å². The van der Waals surface area contributed by atoms with E-state index in [4.69, 9.17) is 25.7 Å². The van der Waals surface area contributed by atoms with Crippen molar-refractivity contribution >= 4 is 0 Å². The largest absolute Gasteiger partial charge is 0.331 e. The van der Waals surface area contributed by atoms with Gasteiger partial charge in [0, 0.05) is 27.2 Å². The normalized spacial score (nSPS) is 13.9. The topological polar surface area (TPSA) is 79.7 Å². The maximum absolute atomic E-state index is 5.67. The minimum absolute atomic E-state index is 0.137. The van der Waals surface area contributed by atoms with Gasteiger partial charge in [0.1, 0.15) is 0 Å². The van der Waals surface area contributed by atoms with E-state index in [-0.39, 0.29) is 12.1 Å². The van der Waals surface area contributed by atoms with E-state index < -0.39 is 5.97 Å². The summed E-state index contributed by atoms with van der Waals surface area (Å²) in [6.07, 6.45) is 9.84. The molecule has 0 bridgehead atoms. The summed E-state index contributed by atoms with van der Waals surface area (Å²) in [6.45, 7) is 2.23. The Kier molecular flexibility index (Phi) is 12.2. The van der Waals surface area contributed by atoms with Gasteiger partial charge >= 0.3 is 0 Å². The summed E-state index contributed by atoms with van der Waals surface area (Å²) in [5.74, 6) is -0.850. The van der Waals surface area contributed by atoms with Crippen molar-refractivity contribution in [2.45, 2.75) is 76.9 Å². The lowest BCUT2D eigenvalue weighted by molar-refractivity contribution is -0.380. The molecule has 21 heavy (non-hydrogen) atoms. The van der Waals surface area contributed by atoms with Crippen LogP contribution in [0.25, 0.3) is 0 Å². The Morgan fingerprint density at radius 2 is 1.29 bits per heavy atom. The number of ether oxygens (including phenoxy) is 3. The standard InChI is InChI=1S/C16H36N2O3/c1-5-6-7-8-9-10-11-14(12-13-15(17)18)16(19-2,20-3)21-4/h14-15H,5-13,17-18H2,1-4H3. The van der Waals surface area contributed by atoms with Crippen LogP contribution in [0.2, 0.25) is 0 Å². The number of rotatable bonds is 14. The van der Waals surface area contributed by atoms with Gasteiger partial charge in [-0.2, -0.15) is 0 Å². The molecule has 0 aromatic rings. The predicted octanol–water partition coefficient (Wildman–Crippen LogP) is 2.97. The maximum Gasteiger partial charge on any atom is 0.285 e. The summed E-state index contributed by atoms with van der Waals surface area (Å²) < 4.78 is 16.5. The molecule has 128 valence electrons. The summed E-state index contributed by atoms with van der Waals surface area (Å²) in [5.41, 5.74) is 11.3. The van der Waals surface area contributed by atoms with Crippen LogP contribution in [0.15, 0.2) is 0 Å². The molecular weight excluding hydrogens is 268 g/mol. The Balaban J connectivity index is 4.37. The van der Waals surface area contributed by atoms with E-state index in [1.165, 1.54) is 32.1 Å². The van der Waals surface area contributed by atoms with Crippen molar-refractivity contribution in [3.05, 3.63) is 0 Å². The fourth-order valence-corrected chi connectivity index (χ4v) is 2.81. The van der Waals surface area contributed by atoms with E-state index in [1.807, 2.05) is 0 Å². The molecule has 0 radical (unpaired) electrons. The van der Waals surface area contributed by atoms with Gasteiger partial charge in [-0.15, -0.1) is 0 Å². The van der Waals surface area contributed by atoms with Crippen LogP contribution in [0.3, 0.4) is 0 Å². The third-order valence-corrected chi connectivity index (χ3v) is 4.11. The molecule has 0 aromatic heterocycles. The highest BCUT2D eigenvalue weighted by atomic mass is 16.9. The minimum atomic E-state index is -0.988. The number of unbranched alkanes of at least 4 members (excludes halogenated alkanes) is 5. The van der Waals surface area contributed by atoms with Crippen molar-refractivity contribution in [1.29, 1.82) is 0 Å². The van der Waals surface area contributed by atoms with Crippen LogP contribution in [0.1, 0.15) is 64.7 Å². The van der Waals surface area contributed by atoms with Crippen molar-refractivity contribution in [3.8, 4) is 0 Å². The van der Waals surface area contributed by atoms with Gasteiger partial charge < -0.3 is 25.7 Å². The molecule has 5 heteroatoms. The zero-order valence-electron chi connectivity index (χ0n) is 14.4. The first-order valence-corrected chi connectivity index (χ1v) is 8.22. The molecule has 5 nitrogen and oxygen atoms in total. The number of methoxy groups -OCH3 is 3. The van der Waals surface area contributed by atoms with Crippen LogP contribution >= 0.6 is 0 Å². The quantitative estimate of drug-likeness (QED) is 0.381. The molecule has 0 spiro atoms. The van der Waals surface area contributed by atoms with Crippen LogP contribution in [0, 0.1) is 5.92 Å². The van der Waals surface area contributed by atoms with Gasteiger partial charge in [-0.1, -0.05) is 45.4 Å². The van der Waals surface area contributed by atoms with E-state index in [0.717, 1.165) is 25.7 Å². The average molecular weight is 304 g/mol. The van der Waals surface area contributed by atoms with Gasteiger partial charge in [0.25, 0.3) is 5.97 Å². The first-order chi connectivity index (χ1) is 10.1. The number of hydrogen-bond donors (Lipinski definition) is 2. The Bertz CT molecular complexity index is 225. The molecule has 0 aliphatic rings. The second-order valence-electron chi connectivity index (χ2n) is 5.71. The molecule has 0 heterocycles. The smallest absolute Gasteiger partial charge is 0.285 e. The minimum Gasteiger partial charge on any atom is -0.331 e. The molecule has 0 rings (SSSR count). The van der Waals surface area contributed by atoms with Gasteiger partial charge in [-0.3, -0.25) is 0 Å². The van der Waals surface area contributed by atoms with Crippen LogP contribution < -0.4 is 11.5 Å². The van der Waals surface area contributed by atoms with Gasteiger partial charge in [0.2, 0.25) is 0 Å². The molecule has 0 amide bonds. The second-order valence-corrected chi connectivity index (χ2v) is 5.71. The average Bonchev–Trinajstić information content (AvgIpc) is 2.49. The highest BCUT2D eigenvalue weighted by Crippen LogP contribution is 2.32. The lowest BCUT2D eigenvalue weighted by Crippen LogP contribution is -2.45. The number of hydrogen-bond acceptors (Lipinski definition) is 5. The van der Waals surface area contributed by atoms with Crippen molar-refractivity contribution in [3.63, 3.8) is 0 Å². The lowest BCUT2D eigenvalue weighted by atomic mass is 9.92. The first kappa shape index (κ1) is 20.8. The van der Waals surface area contributed by atoms with Crippen molar-refractivity contribution in [2.24, 2.45) is 17.4 Å². The molecule has 0 aliphatic heterocycles. The fourth-order valence-electron chi connectivity index (χ4n) is 2.81. The predicted molar refractivity (Wildman–Crippen MR) is 86.6 cm³/mol. The first-order valence-electron chi connectivity index (χ1n) is 8.22. The fraction of sp³-hybridized carbons (Fsp3) is 1.00. The third-order valence-electron chi connectivity index (χ3n) is 4.11. The highest BCUT2D eigenvalue weighted by Gasteiger charge is 2.39. The zero-order chi connectivity index (χ0) is 16.1. The molecular formula is C16H36N2O3. The highest BCUT2D eigenvalue weighted by molar-refractivity contribution is 4.73. The summed E-state index contributed by atoms with van der Waals surface area (Å²) in [7, 11) is 4.84. The Labute approximate surface area is 130 Å². The van der Waals surface area contributed by atoms with Gasteiger partial charge in [0.15, 0.2) is 0 Å². The Morgan fingerprint density at radius 3 is 1.76 bits per heavy atom. The molecule has 0 saturated carbocycles. The summed E-state index contributed by atoms with van der Waals surface area (Å²) in [5, 5.41) is 0. The van der Waals surface area contributed by atoms with E-state index in [0.29, 0.717) is 0 Å². The molecule has 0 saturated heterocycles. The van der Waals surface area contributed by atoms with E-state index in [1.54, 1.807) is 21.3 Å². The van der Waals surface area contributed by atoms with Gasteiger partial charge in [0.05, 0.1) is 6.17 Å². The lowest BCUT2D eigenvalue weighted by Gasteiger charge is -2.36. The molecule has 1 atom stereocenters. The second kappa shape index (κ2) is 12.4. The maximum atomic E-state index is 5.67. The van der Waals surface area contributed by atoms with E-state index in [9.17, 15) is 0 Å². The SMILES string of the molecule is CCCCCCCCC(CCC(N)N)C(OC)(OC)OC. The molecule has 4 N–H and O–H groups in total. The third kappa shape index (κ3) is 8.12. The molecule has 1 unspecified atom stereocenters. The van der Waals surface area contributed by atoms with Crippen molar-refractivity contribution in [2.75, 3.05) is 21.3 Å². The van der Waals surface area contributed by atoms with E-state index >= 15 is 0 Å². The van der Waals surface area contributed by atoms with Gasteiger partial charge in [-0.25, -0.2) is 0 Å². The van der Waals surface area contributed by atoms with E-state index in [2.05, 4.69) is 6.92 Å². The Morgan fingerprint density at radius 1 is 0.762 bits per heavy atom. The van der Waals surface area contributed by atoms with Crippen molar-refractivity contribution < 1.29 is 14.2 Å². The van der Waals surface area contributed by atoms with Crippen LogP contribution in [-0.2, 0) is 14.2 Å². The summed E-state index contributed by atoms with van der Waals surface area (Å²) in [6, 6.07) is 0. The van der Waals surface area contributed by atoms with Crippen LogP contribution in [0.5, 0.6) is 0 Å². The summed E-state index contributed by atoms with van der Waals surface area (Å²) in [4.78, 5) is 0. The van der Waals surface area contributed by atoms with Gasteiger partial charge in [-0.05, 0) is 19.3 Å².